The number of aliphatic hydroxyl groups is 1. The Morgan fingerprint density at radius 1 is 1.00 bits per heavy atom. The quantitative estimate of drug-likeness (QED) is 0.501. The van der Waals surface area contributed by atoms with Crippen molar-refractivity contribution in [3.05, 3.63) is 48.0 Å². The predicted molar refractivity (Wildman–Crippen MR) is 90.0 cm³/mol. The van der Waals surface area contributed by atoms with Gasteiger partial charge >= 0.3 is 6.36 Å². The van der Waals surface area contributed by atoms with E-state index in [1.54, 1.807) is 0 Å². The molecule has 11 heteroatoms. The zero-order chi connectivity index (χ0) is 20.9. The SMILES string of the molecule is O=S(=O)(NCCCCO)c1ccc(-c2ccc(F)cc2F)c(OC(F)(F)F)c1. The van der Waals surface area contributed by atoms with Crippen LogP contribution in [0.1, 0.15) is 12.8 Å². The van der Waals surface area contributed by atoms with Gasteiger partial charge in [0.1, 0.15) is 17.4 Å². The van der Waals surface area contributed by atoms with Gasteiger partial charge in [0.25, 0.3) is 0 Å². The topological polar surface area (TPSA) is 75.6 Å². The van der Waals surface area contributed by atoms with E-state index in [4.69, 9.17) is 5.11 Å². The normalized spacial score (nSPS) is 12.2. The Labute approximate surface area is 157 Å². The summed E-state index contributed by atoms with van der Waals surface area (Å²) in [5.41, 5.74) is -0.783. The molecule has 0 aromatic heterocycles. The standard InChI is InChI=1S/C17H16F5NO4S/c18-11-3-5-13(15(19)9-11)14-6-4-12(10-16(14)27-17(20,21)22)28(25,26)23-7-1-2-8-24/h3-6,9-10,23-24H,1-2,7-8H2. The number of halogens is 5. The summed E-state index contributed by atoms with van der Waals surface area (Å²) in [7, 11) is -4.17. The molecule has 0 spiro atoms. The minimum Gasteiger partial charge on any atom is -0.405 e. The zero-order valence-electron chi connectivity index (χ0n) is 14.3. The fourth-order valence-corrected chi connectivity index (χ4v) is 3.43. The van der Waals surface area contributed by atoms with Gasteiger partial charge in [-0.15, -0.1) is 13.2 Å². The third-order valence-corrected chi connectivity index (χ3v) is 5.05. The molecule has 0 aliphatic carbocycles. The summed E-state index contributed by atoms with van der Waals surface area (Å²) >= 11 is 0. The maximum Gasteiger partial charge on any atom is 0.573 e. The van der Waals surface area contributed by atoms with Gasteiger partial charge in [-0.05, 0) is 37.1 Å². The van der Waals surface area contributed by atoms with Gasteiger partial charge in [-0.1, -0.05) is 0 Å². The maximum atomic E-state index is 14.0. The molecule has 0 saturated carbocycles. The molecule has 0 unspecified atom stereocenters. The van der Waals surface area contributed by atoms with Crippen molar-refractivity contribution in [1.82, 2.24) is 4.72 Å². The van der Waals surface area contributed by atoms with Crippen molar-refractivity contribution in [3.8, 4) is 16.9 Å². The lowest BCUT2D eigenvalue weighted by Gasteiger charge is -2.16. The van der Waals surface area contributed by atoms with Gasteiger partial charge in [-0.3, -0.25) is 0 Å². The third-order valence-electron chi connectivity index (χ3n) is 3.59. The second-order valence-corrected chi connectivity index (χ2v) is 7.43. The van der Waals surface area contributed by atoms with Gasteiger partial charge in [0.2, 0.25) is 10.0 Å². The number of alkyl halides is 3. The lowest BCUT2D eigenvalue weighted by atomic mass is 10.0. The molecule has 0 heterocycles. The van der Waals surface area contributed by atoms with Crippen LogP contribution < -0.4 is 9.46 Å². The highest BCUT2D eigenvalue weighted by Crippen LogP contribution is 2.37. The van der Waals surface area contributed by atoms with Crippen LogP contribution in [0.2, 0.25) is 0 Å². The Morgan fingerprint density at radius 2 is 1.68 bits per heavy atom. The van der Waals surface area contributed by atoms with Crippen molar-refractivity contribution in [2.45, 2.75) is 24.1 Å². The minimum atomic E-state index is -5.16. The van der Waals surface area contributed by atoms with E-state index in [-0.39, 0.29) is 18.7 Å². The van der Waals surface area contributed by atoms with E-state index in [9.17, 15) is 30.4 Å². The first-order valence-electron chi connectivity index (χ1n) is 7.99. The van der Waals surface area contributed by atoms with Gasteiger partial charge in [0, 0.05) is 36.4 Å². The lowest BCUT2D eigenvalue weighted by molar-refractivity contribution is -0.274. The number of ether oxygens (including phenoxy) is 1. The minimum absolute atomic E-state index is 0.0350. The van der Waals surface area contributed by atoms with E-state index in [2.05, 4.69) is 9.46 Å². The van der Waals surface area contributed by atoms with Crippen molar-refractivity contribution in [2.24, 2.45) is 0 Å². The van der Waals surface area contributed by atoms with Crippen LogP contribution in [0, 0.1) is 11.6 Å². The number of hydrogen-bond acceptors (Lipinski definition) is 4. The summed E-state index contributed by atoms with van der Waals surface area (Å²) in [6.07, 6.45) is -4.50. The van der Waals surface area contributed by atoms with E-state index in [1.165, 1.54) is 0 Å². The van der Waals surface area contributed by atoms with Crippen molar-refractivity contribution >= 4 is 10.0 Å². The molecule has 5 nitrogen and oxygen atoms in total. The molecule has 0 amide bonds. The van der Waals surface area contributed by atoms with Gasteiger partial charge in [-0.2, -0.15) is 0 Å². The summed E-state index contributed by atoms with van der Waals surface area (Å²) < 4.78 is 95.8. The fourth-order valence-electron chi connectivity index (χ4n) is 2.34. The molecule has 0 radical (unpaired) electrons. The average molecular weight is 425 g/mol. The van der Waals surface area contributed by atoms with Crippen molar-refractivity contribution in [3.63, 3.8) is 0 Å². The third kappa shape index (κ3) is 5.88. The van der Waals surface area contributed by atoms with E-state index >= 15 is 0 Å². The number of benzene rings is 2. The molecule has 2 aromatic rings. The van der Waals surface area contributed by atoms with Crippen LogP contribution >= 0.6 is 0 Å². The number of unbranched alkanes of at least 4 members (excludes halogenated alkanes) is 1. The molecule has 0 aliphatic heterocycles. The molecule has 0 fully saturated rings. The fraction of sp³-hybridized carbons (Fsp3) is 0.294. The van der Waals surface area contributed by atoms with Crippen molar-refractivity contribution in [2.75, 3.05) is 13.2 Å². The highest BCUT2D eigenvalue weighted by molar-refractivity contribution is 7.89. The molecule has 0 bridgehead atoms. The summed E-state index contributed by atoms with van der Waals surface area (Å²) in [6.45, 7) is -0.171. The smallest absolute Gasteiger partial charge is 0.405 e. The first kappa shape index (κ1) is 22.1. The first-order chi connectivity index (χ1) is 13.0. The second kappa shape index (κ2) is 8.84. The first-order valence-corrected chi connectivity index (χ1v) is 9.47. The van der Waals surface area contributed by atoms with Gasteiger partial charge in [0.05, 0.1) is 4.90 Å². The lowest BCUT2D eigenvalue weighted by Crippen LogP contribution is -2.25. The van der Waals surface area contributed by atoms with Crippen molar-refractivity contribution < 1.29 is 40.2 Å². The molecule has 28 heavy (non-hydrogen) atoms. The highest BCUT2D eigenvalue weighted by Gasteiger charge is 2.33. The molecular weight excluding hydrogens is 409 g/mol. The van der Waals surface area contributed by atoms with E-state index in [0.717, 1.165) is 24.3 Å². The molecule has 0 atom stereocenters. The summed E-state index contributed by atoms with van der Waals surface area (Å²) in [5.74, 6) is -3.01. The number of aliphatic hydroxyl groups excluding tert-OH is 1. The highest BCUT2D eigenvalue weighted by atomic mass is 32.2. The van der Waals surface area contributed by atoms with Crippen LogP contribution in [0.3, 0.4) is 0 Å². The maximum absolute atomic E-state index is 14.0. The van der Waals surface area contributed by atoms with Gasteiger partial charge < -0.3 is 9.84 Å². The Hall–Kier alpha value is -2.24. The largest absolute Gasteiger partial charge is 0.573 e. The van der Waals surface area contributed by atoms with Crippen LogP contribution in [-0.2, 0) is 10.0 Å². The van der Waals surface area contributed by atoms with E-state index < -0.39 is 44.2 Å². The Kier molecular flexibility index (Phi) is 6.96. The summed E-state index contributed by atoms with van der Waals surface area (Å²) in [4.78, 5) is -0.526. The zero-order valence-corrected chi connectivity index (χ0v) is 15.1. The van der Waals surface area contributed by atoms with Gasteiger partial charge in [-0.25, -0.2) is 21.9 Å². The Morgan fingerprint density at radius 3 is 2.29 bits per heavy atom. The molecular formula is C17H16F5NO4S. The molecule has 2 aromatic carbocycles. The number of hydrogen-bond donors (Lipinski definition) is 2. The predicted octanol–water partition coefficient (Wildman–Crippen LogP) is 3.58. The monoisotopic (exact) mass is 425 g/mol. The average Bonchev–Trinajstić information content (AvgIpc) is 2.58. The van der Waals surface area contributed by atoms with Crippen LogP contribution in [-0.4, -0.2) is 33.0 Å². The molecule has 154 valence electrons. The molecule has 0 aliphatic rings. The Balaban J connectivity index is 2.45. The van der Waals surface area contributed by atoms with Crippen LogP contribution in [0.5, 0.6) is 5.75 Å². The number of rotatable bonds is 8. The van der Waals surface area contributed by atoms with Crippen molar-refractivity contribution in [1.29, 1.82) is 0 Å². The van der Waals surface area contributed by atoms with Crippen LogP contribution in [0.15, 0.2) is 41.3 Å². The Bertz CT molecular complexity index is 932. The molecule has 0 saturated heterocycles. The summed E-state index contributed by atoms with van der Waals surface area (Å²) in [6, 6.07) is 4.79. The number of sulfonamides is 1. The summed E-state index contributed by atoms with van der Waals surface area (Å²) in [5, 5.41) is 8.68. The van der Waals surface area contributed by atoms with E-state index in [1.807, 2.05) is 0 Å². The molecule has 2 N–H and O–H groups in total. The van der Waals surface area contributed by atoms with Crippen LogP contribution in [0.4, 0.5) is 22.0 Å². The number of nitrogens with one attached hydrogen (secondary N) is 1. The van der Waals surface area contributed by atoms with Crippen LogP contribution in [0.25, 0.3) is 11.1 Å². The second-order valence-electron chi connectivity index (χ2n) is 5.66. The van der Waals surface area contributed by atoms with Gasteiger partial charge in [0.15, 0.2) is 0 Å². The molecule has 2 rings (SSSR count). The van der Waals surface area contributed by atoms with E-state index in [0.29, 0.717) is 25.0 Å².